The van der Waals surface area contributed by atoms with Gasteiger partial charge in [-0.05, 0) is 38.6 Å². The highest BCUT2D eigenvalue weighted by atomic mass is 15.2. The maximum atomic E-state index is 2.57. The van der Waals surface area contributed by atoms with Crippen molar-refractivity contribution in [1.29, 1.82) is 0 Å². The molecule has 0 aromatic rings. The lowest BCUT2D eigenvalue weighted by Crippen LogP contribution is -2.38. The number of rotatable bonds is 0. The molecule has 1 saturated heterocycles. The highest BCUT2D eigenvalue weighted by Crippen LogP contribution is 2.50. The van der Waals surface area contributed by atoms with Crippen LogP contribution in [0.1, 0.15) is 39.5 Å². The molecule has 1 heterocycles. The van der Waals surface area contributed by atoms with Crippen LogP contribution in [-0.2, 0) is 0 Å². The van der Waals surface area contributed by atoms with Gasteiger partial charge in [0.2, 0.25) is 0 Å². The van der Waals surface area contributed by atoms with Crippen LogP contribution in [0.3, 0.4) is 0 Å². The number of hydrogen-bond donors (Lipinski definition) is 0. The fourth-order valence-corrected chi connectivity index (χ4v) is 3.22. The number of hydrogen-bond acceptors (Lipinski definition) is 1. The molecule has 1 aliphatic carbocycles. The Hall–Kier alpha value is -0.0400. The molecule has 2 bridgehead atoms. The normalized spacial score (nSPS) is 51.5. The first-order valence-corrected chi connectivity index (χ1v) is 4.75. The number of nitrogens with zero attached hydrogens (tertiary/aromatic N) is 1. The zero-order chi connectivity index (χ0) is 8.11. The minimum absolute atomic E-state index is 0.549. The van der Waals surface area contributed by atoms with E-state index in [-0.39, 0.29) is 0 Å². The summed E-state index contributed by atoms with van der Waals surface area (Å²) in [4.78, 5) is 2.57. The molecule has 2 fully saturated rings. The van der Waals surface area contributed by atoms with E-state index in [2.05, 4.69) is 25.8 Å². The smallest absolute Gasteiger partial charge is 0.0184 e. The van der Waals surface area contributed by atoms with E-state index in [1.807, 2.05) is 0 Å². The van der Waals surface area contributed by atoms with Gasteiger partial charge in [0.15, 0.2) is 0 Å². The van der Waals surface area contributed by atoms with Crippen LogP contribution >= 0.6 is 0 Å². The van der Waals surface area contributed by atoms with Crippen molar-refractivity contribution in [3.8, 4) is 0 Å². The van der Waals surface area contributed by atoms with Crippen LogP contribution in [0, 0.1) is 5.41 Å². The second kappa shape index (κ2) is 2.01. The summed E-state index contributed by atoms with van der Waals surface area (Å²) >= 11 is 0. The molecule has 2 rings (SSSR count). The molecule has 64 valence electrons. The molecule has 0 aromatic heterocycles. The average molecular weight is 153 g/mol. The molecular weight excluding hydrogens is 134 g/mol. The van der Waals surface area contributed by atoms with Gasteiger partial charge in [0.1, 0.15) is 0 Å². The van der Waals surface area contributed by atoms with Gasteiger partial charge < -0.3 is 4.90 Å². The molecule has 11 heavy (non-hydrogen) atoms. The van der Waals surface area contributed by atoms with Crippen molar-refractivity contribution in [3.05, 3.63) is 0 Å². The quantitative estimate of drug-likeness (QED) is 0.516. The summed E-state index contributed by atoms with van der Waals surface area (Å²) in [5.41, 5.74) is 1.20. The molecule has 0 N–H and O–H groups in total. The molecule has 1 saturated carbocycles. The van der Waals surface area contributed by atoms with Crippen molar-refractivity contribution in [1.82, 2.24) is 4.90 Å². The van der Waals surface area contributed by atoms with E-state index in [0.29, 0.717) is 11.0 Å². The van der Waals surface area contributed by atoms with Crippen LogP contribution in [0.5, 0.6) is 0 Å². The number of fused-ring (bicyclic) bond motifs is 2. The Labute approximate surface area is 69.8 Å². The van der Waals surface area contributed by atoms with Crippen molar-refractivity contribution >= 4 is 0 Å². The highest BCUT2D eigenvalue weighted by Gasteiger charge is 2.48. The van der Waals surface area contributed by atoms with Gasteiger partial charge in [-0.3, -0.25) is 0 Å². The Morgan fingerprint density at radius 1 is 1.18 bits per heavy atom. The largest absolute Gasteiger partial charge is 0.300 e. The summed E-state index contributed by atoms with van der Waals surface area (Å²) in [7, 11) is 2.29. The second-order valence-electron chi connectivity index (χ2n) is 5.19. The van der Waals surface area contributed by atoms with Crippen LogP contribution in [0.25, 0.3) is 0 Å². The molecule has 0 radical (unpaired) electrons. The van der Waals surface area contributed by atoms with Gasteiger partial charge in [-0.2, -0.15) is 0 Å². The molecule has 1 nitrogen and oxygen atoms in total. The first kappa shape index (κ1) is 7.60. The minimum Gasteiger partial charge on any atom is -0.300 e. The Balaban J connectivity index is 2.26. The fraction of sp³-hybridized carbons (Fsp3) is 1.00. The lowest BCUT2D eigenvalue weighted by Gasteiger charge is -2.36. The van der Waals surface area contributed by atoms with Crippen molar-refractivity contribution < 1.29 is 0 Å². The zero-order valence-electron chi connectivity index (χ0n) is 7.98. The van der Waals surface area contributed by atoms with Crippen LogP contribution in [0.2, 0.25) is 0 Å². The summed E-state index contributed by atoms with van der Waals surface area (Å²) < 4.78 is 0. The Kier molecular flexibility index (Phi) is 1.39. The average Bonchev–Trinajstić information content (AvgIpc) is 1.99. The summed E-state index contributed by atoms with van der Waals surface area (Å²) in [6.45, 7) is 6.20. The van der Waals surface area contributed by atoms with Gasteiger partial charge in [0, 0.05) is 12.1 Å². The molecule has 1 heteroatoms. The van der Waals surface area contributed by atoms with Crippen molar-refractivity contribution in [2.24, 2.45) is 5.41 Å². The van der Waals surface area contributed by atoms with Crippen molar-refractivity contribution in [3.63, 3.8) is 0 Å². The third kappa shape index (κ3) is 1.01. The van der Waals surface area contributed by atoms with E-state index in [1.165, 1.54) is 32.2 Å². The monoisotopic (exact) mass is 153 g/mol. The molecule has 0 amide bonds. The van der Waals surface area contributed by atoms with Gasteiger partial charge in [-0.1, -0.05) is 13.3 Å². The summed E-state index contributed by atoms with van der Waals surface area (Å²) in [6, 6.07) is 0. The molecule has 2 aliphatic rings. The molecular formula is C10H19N. The van der Waals surface area contributed by atoms with E-state index in [1.54, 1.807) is 0 Å². The Morgan fingerprint density at radius 2 is 1.91 bits per heavy atom. The van der Waals surface area contributed by atoms with E-state index >= 15 is 0 Å². The number of likely N-dealkylation sites (tertiary alicyclic amines) is 1. The topological polar surface area (TPSA) is 3.24 Å². The van der Waals surface area contributed by atoms with Gasteiger partial charge in [0.05, 0.1) is 0 Å². The van der Waals surface area contributed by atoms with Crippen LogP contribution < -0.4 is 0 Å². The van der Waals surface area contributed by atoms with Crippen LogP contribution in [-0.4, -0.2) is 24.0 Å². The maximum absolute atomic E-state index is 2.57. The van der Waals surface area contributed by atoms with Crippen LogP contribution in [0.4, 0.5) is 0 Å². The third-order valence-electron chi connectivity index (χ3n) is 3.84. The second-order valence-corrected chi connectivity index (χ2v) is 5.19. The van der Waals surface area contributed by atoms with E-state index < -0.39 is 0 Å². The summed E-state index contributed by atoms with van der Waals surface area (Å²) in [5.74, 6) is 0. The van der Waals surface area contributed by atoms with Gasteiger partial charge in [0.25, 0.3) is 0 Å². The molecule has 1 unspecified atom stereocenters. The first-order valence-electron chi connectivity index (χ1n) is 4.75. The van der Waals surface area contributed by atoms with E-state index in [9.17, 15) is 0 Å². The highest BCUT2D eigenvalue weighted by molar-refractivity contribution is 5.03. The lowest BCUT2D eigenvalue weighted by molar-refractivity contribution is 0.167. The minimum atomic E-state index is 0.549. The lowest BCUT2D eigenvalue weighted by atomic mass is 9.72. The van der Waals surface area contributed by atoms with E-state index in [4.69, 9.17) is 0 Å². The van der Waals surface area contributed by atoms with Gasteiger partial charge >= 0.3 is 0 Å². The summed E-state index contributed by atoms with van der Waals surface area (Å²) in [5, 5.41) is 0. The van der Waals surface area contributed by atoms with Crippen molar-refractivity contribution in [2.75, 3.05) is 13.6 Å². The Bertz CT molecular complexity index is 178. The van der Waals surface area contributed by atoms with E-state index in [0.717, 1.165) is 0 Å². The first-order chi connectivity index (χ1) is 5.04. The maximum Gasteiger partial charge on any atom is 0.0184 e. The standard InChI is InChI=1S/C10H19N/c1-9-5-4-6-10(2,7-9)11(3)8-9/h4-8H2,1-3H3/t9?,10-/m0/s1. The third-order valence-corrected chi connectivity index (χ3v) is 3.84. The molecule has 1 aliphatic heterocycles. The molecule has 2 atom stereocenters. The molecule has 0 spiro atoms. The zero-order valence-corrected chi connectivity index (χ0v) is 7.98. The predicted octanol–water partition coefficient (Wildman–Crippen LogP) is 2.27. The Morgan fingerprint density at radius 3 is 2.45 bits per heavy atom. The van der Waals surface area contributed by atoms with Crippen molar-refractivity contribution in [2.45, 2.75) is 45.1 Å². The molecule has 0 aromatic carbocycles. The van der Waals surface area contributed by atoms with Crippen LogP contribution in [0.15, 0.2) is 0 Å². The SMILES string of the molecule is CN1CC2(C)CCC[C@@]1(C)C2. The predicted molar refractivity (Wildman–Crippen MR) is 47.6 cm³/mol. The van der Waals surface area contributed by atoms with Gasteiger partial charge in [-0.15, -0.1) is 0 Å². The van der Waals surface area contributed by atoms with Gasteiger partial charge in [-0.25, -0.2) is 0 Å². The summed E-state index contributed by atoms with van der Waals surface area (Å²) in [6.07, 6.45) is 5.74. The fourth-order valence-electron chi connectivity index (χ4n) is 3.22.